The van der Waals surface area contributed by atoms with Crippen molar-refractivity contribution in [3.63, 3.8) is 0 Å². The molecular formula is C21H29N3O3S. The molecule has 1 atom stereocenters. The largest absolute Gasteiger partial charge is 0.369 e. The van der Waals surface area contributed by atoms with Gasteiger partial charge in [-0.1, -0.05) is 18.2 Å². The summed E-state index contributed by atoms with van der Waals surface area (Å²) in [6.45, 7) is 9.09. The van der Waals surface area contributed by atoms with Crippen molar-refractivity contribution in [2.24, 2.45) is 0 Å². The smallest absolute Gasteiger partial charge is 0.251 e. The Kier molecular flexibility index (Phi) is 7.07. The molecule has 0 aliphatic carbocycles. The highest BCUT2D eigenvalue weighted by atomic mass is 32.2. The van der Waals surface area contributed by atoms with E-state index in [1.807, 2.05) is 37.3 Å². The zero-order valence-corrected chi connectivity index (χ0v) is 17.9. The van der Waals surface area contributed by atoms with Gasteiger partial charge in [0.1, 0.15) is 0 Å². The van der Waals surface area contributed by atoms with Crippen molar-refractivity contribution in [2.45, 2.75) is 39.8 Å². The van der Waals surface area contributed by atoms with Gasteiger partial charge in [-0.15, -0.1) is 0 Å². The average molecular weight is 404 g/mol. The van der Waals surface area contributed by atoms with Gasteiger partial charge in [-0.3, -0.25) is 9.52 Å². The Bertz CT molecular complexity index is 909. The maximum absolute atomic E-state index is 12.6. The first-order valence-electron chi connectivity index (χ1n) is 9.36. The monoisotopic (exact) mass is 403 g/mol. The minimum absolute atomic E-state index is 0.208. The van der Waals surface area contributed by atoms with E-state index >= 15 is 0 Å². The van der Waals surface area contributed by atoms with Crippen LogP contribution in [0.15, 0.2) is 48.5 Å². The van der Waals surface area contributed by atoms with E-state index in [4.69, 9.17) is 0 Å². The molecule has 0 bridgehead atoms. The van der Waals surface area contributed by atoms with E-state index in [2.05, 4.69) is 35.7 Å². The number of nitrogens with one attached hydrogen (secondary N) is 2. The molecule has 0 heterocycles. The van der Waals surface area contributed by atoms with Crippen molar-refractivity contribution in [1.82, 2.24) is 5.32 Å². The van der Waals surface area contributed by atoms with Gasteiger partial charge in [-0.2, -0.15) is 0 Å². The lowest BCUT2D eigenvalue weighted by Crippen LogP contribution is -2.30. The molecule has 152 valence electrons. The molecule has 6 nitrogen and oxygen atoms in total. The Morgan fingerprint density at radius 1 is 1.04 bits per heavy atom. The molecule has 0 fully saturated rings. The van der Waals surface area contributed by atoms with Gasteiger partial charge in [0.15, 0.2) is 0 Å². The van der Waals surface area contributed by atoms with Crippen LogP contribution in [0.2, 0.25) is 0 Å². The van der Waals surface area contributed by atoms with Crippen LogP contribution in [0, 0.1) is 0 Å². The lowest BCUT2D eigenvalue weighted by atomic mass is 10.1. The highest BCUT2D eigenvalue weighted by Crippen LogP contribution is 2.24. The van der Waals surface area contributed by atoms with Crippen molar-refractivity contribution < 1.29 is 13.2 Å². The Labute approximate surface area is 168 Å². The van der Waals surface area contributed by atoms with Crippen LogP contribution in [0.3, 0.4) is 0 Å². The van der Waals surface area contributed by atoms with E-state index < -0.39 is 10.0 Å². The fourth-order valence-electron chi connectivity index (χ4n) is 3.18. The van der Waals surface area contributed by atoms with Gasteiger partial charge in [0.05, 0.1) is 18.0 Å². The van der Waals surface area contributed by atoms with Crippen LogP contribution in [0.1, 0.15) is 49.7 Å². The number of sulfonamides is 1. The standard InChI is InChI=1S/C21H29N3O3S/c1-6-24(15(2)3)18-13-11-17(12-14-18)21(25)22-16(4)19-9-7-8-10-20(19)23-28(5,26)27/h7-16,23H,6H2,1-5H3,(H,22,25). The summed E-state index contributed by atoms with van der Waals surface area (Å²) in [5.74, 6) is -0.208. The van der Waals surface area contributed by atoms with Crippen LogP contribution in [0.25, 0.3) is 0 Å². The van der Waals surface area contributed by atoms with Crippen molar-refractivity contribution >= 4 is 27.3 Å². The molecule has 0 radical (unpaired) electrons. The Morgan fingerprint density at radius 2 is 1.64 bits per heavy atom. The molecule has 1 amide bonds. The van der Waals surface area contributed by atoms with Gasteiger partial charge >= 0.3 is 0 Å². The molecule has 0 saturated carbocycles. The second-order valence-electron chi connectivity index (χ2n) is 7.08. The van der Waals surface area contributed by atoms with Gasteiger partial charge in [0.25, 0.3) is 5.91 Å². The van der Waals surface area contributed by atoms with Crippen molar-refractivity contribution in [3.05, 3.63) is 59.7 Å². The topological polar surface area (TPSA) is 78.5 Å². The Balaban J connectivity index is 2.15. The molecule has 0 spiro atoms. The number of benzene rings is 2. The molecular weight excluding hydrogens is 374 g/mol. The molecule has 0 aliphatic heterocycles. The van der Waals surface area contributed by atoms with E-state index in [1.165, 1.54) is 0 Å². The van der Waals surface area contributed by atoms with Gasteiger partial charge < -0.3 is 10.2 Å². The van der Waals surface area contributed by atoms with Crippen LogP contribution < -0.4 is 14.9 Å². The second kappa shape index (κ2) is 9.10. The first kappa shape index (κ1) is 21.8. The highest BCUT2D eigenvalue weighted by molar-refractivity contribution is 7.92. The van der Waals surface area contributed by atoms with Gasteiger partial charge in [-0.25, -0.2) is 8.42 Å². The number of nitrogens with zero attached hydrogens (tertiary/aromatic N) is 1. The predicted octanol–water partition coefficient (Wildman–Crippen LogP) is 3.78. The van der Waals surface area contributed by atoms with Crippen LogP contribution >= 0.6 is 0 Å². The number of amides is 1. The van der Waals surface area contributed by atoms with Crippen molar-refractivity contribution in [1.29, 1.82) is 0 Å². The first-order valence-corrected chi connectivity index (χ1v) is 11.3. The average Bonchev–Trinajstić information content (AvgIpc) is 2.61. The maximum atomic E-state index is 12.6. The van der Waals surface area contributed by atoms with Gasteiger partial charge in [0, 0.05) is 23.8 Å². The lowest BCUT2D eigenvalue weighted by molar-refractivity contribution is 0.0940. The number of rotatable bonds is 8. The first-order chi connectivity index (χ1) is 13.1. The predicted molar refractivity (Wildman–Crippen MR) is 115 cm³/mol. The van der Waals surface area contributed by atoms with E-state index in [0.717, 1.165) is 18.5 Å². The summed E-state index contributed by atoms with van der Waals surface area (Å²) in [5.41, 5.74) is 2.80. The molecule has 2 aromatic rings. The zero-order valence-electron chi connectivity index (χ0n) is 17.1. The summed E-state index contributed by atoms with van der Waals surface area (Å²) in [7, 11) is -3.40. The van der Waals surface area contributed by atoms with E-state index in [0.29, 0.717) is 22.9 Å². The van der Waals surface area contributed by atoms with Crippen molar-refractivity contribution in [3.8, 4) is 0 Å². The van der Waals surface area contributed by atoms with Gasteiger partial charge in [0.2, 0.25) is 10.0 Å². The van der Waals surface area contributed by atoms with Crippen LogP contribution in [-0.2, 0) is 10.0 Å². The van der Waals surface area contributed by atoms with Crippen LogP contribution in [0.4, 0.5) is 11.4 Å². The maximum Gasteiger partial charge on any atom is 0.251 e. The highest BCUT2D eigenvalue weighted by Gasteiger charge is 2.16. The summed E-state index contributed by atoms with van der Waals surface area (Å²) in [6.07, 6.45) is 1.10. The van der Waals surface area contributed by atoms with Crippen molar-refractivity contribution in [2.75, 3.05) is 22.4 Å². The second-order valence-corrected chi connectivity index (χ2v) is 8.83. The lowest BCUT2D eigenvalue weighted by Gasteiger charge is -2.27. The number of carbonyl (C=O) groups is 1. The number of anilines is 2. The molecule has 1 unspecified atom stereocenters. The van der Waals surface area contributed by atoms with E-state index in [1.54, 1.807) is 18.2 Å². The zero-order chi connectivity index (χ0) is 20.9. The molecule has 2 rings (SSSR count). The quantitative estimate of drug-likeness (QED) is 0.703. The summed E-state index contributed by atoms with van der Waals surface area (Å²) in [4.78, 5) is 14.9. The number of hydrogen-bond acceptors (Lipinski definition) is 4. The summed E-state index contributed by atoms with van der Waals surface area (Å²) >= 11 is 0. The Morgan fingerprint density at radius 3 is 2.18 bits per heavy atom. The SMILES string of the molecule is CCN(c1ccc(C(=O)NC(C)c2ccccc2NS(C)(=O)=O)cc1)C(C)C. The number of para-hydroxylation sites is 1. The molecule has 7 heteroatoms. The van der Waals surface area contributed by atoms with E-state index in [-0.39, 0.29) is 11.9 Å². The molecule has 0 aliphatic rings. The number of carbonyl (C=O) groups excluding carboxylic acids is 1. The normalized spacial score (nSPS) is 12.5. The third kappa shape index (κ3) is 5.73. The van der Waals surface area contributed by atoms with Gasteiger partial charge in [-0.05, 0) is 63.6 Å². The Hall–Kier alpha value is -2.54. The van der Waals surface area contributed by atoms with E-state index in [9.17, 15) is 13.2 Å². The molecule has 2 N–H and O–H groups in total. The molecule has 0 saturated heterocycles. The third-order valence-electron chi connectivity index (χ3n) is 4.50. The summed E-state index contributed by atoms with van der Waals surface area (Å²) < 4.78 is 25.6. The fourth-order valence-corrected chi connectivity index (χ4v) is 3.76. The minimum Gasteiger partial charge on any atom is -0.369 e. The third-order valence-corrected chi connectivity index (χ3v) is 5.09. The fraction of sp³-hybridized carbons (Fsp3) is 0.381. The minimum atomic E-state index is -3.40. The van der Waals surface area contributed by atoms with Crippen LogP contribution in [0.5, 0.6) is 0 Å². The summed E-state index contributed by atoms with van der Waals surface area (Å²) in [6, 6.07) is 14.6. The molecule has 28 heavy (non-hydrogen) atoms. The van der Waals surface area contributed by atoms with Crippen LogP contribution in [-0.4, -0.2) is 33.2 Å². The molecule has 2 aromatic carbocycles. The molecule has 0 aromatic heterocycles. The summed E-state index contributed by atoms with van der Waals surface area (Å²) in [5, 5.41) is 2.94. The number of hydrogen-bond donors (Lipinski definition) is 2.